The highest BCUT2D eigenvalue weighted by molar-refractivity contribution is 5.80. The van der Waals surface area contributed by atoms with Crippen molar-refractivity contribution in [1.29, 1.82) is 0 Å². The maximum Gasteiger partial charge on any atom is 0.178 e. The first-order valence-corrected chi connectivity index (χ1v) is 7.51. The van der Waals surface area contributed by atoms with Crippen LogP contribution in [0.3, 0.4) is 0 Å². The van der Waals surface area contributed by atoms with Gasteiger partial charge in [-0.25, -0.2) is 9.97 Å². The number of rotatable bonds is 3. The lowest BCUT2D eigenvalue weighted by atomic mass is 10.0. The van der Waals surface area contributed by atoms with Gasteiger partial charge in [0.2, 0.25) is 0 Å². The highest BCUT2D eigenvalue weighted by Gasteiger charge is 2.13. The number of pyridine rings is 3. The maximum atomic E-state index is 4.76. The minimum absolute atomic E-state index is 0.590. The second-order valence-corrected chi connectivity index (χ2v) is 5.15. The number of nitrogens with zero attached hydrogens (tertiary/aromatic N) is 5. The molecule has 0 unspecified atom stereocenters. The van der Waals surface area contributed by atoms with Crippen LogP contribution >= 0.6 is 0 Å². The molecular weight excluding hydrogens is 298 g/mol. The van der Waals surface area contributed by atoms with Crippen molar-refractivity contribution in [2.75, 3.05) is 0 Å². The normalized spacial score (nSPS) is 10.5. The third kappa shape index (κ3) is 2.75. The van der Waals surface area contributed by atoms with Crippen LogP contribution in [0.1, 0.15) is 0 Å². The average molecular weight is 311 g/mol. The van der Waals surface area contributed by atoms with Crippen LogP contribution in [0.15, 0.2) is 79.6 Å². The molecule has 0 saturated heterocycles. The summed E-state index contributed by atoms with van der Waals surface area (Å²) in [7, 11) is 0. The van der Waals surface area contributed by atoms with Crippen LogP contribution < -0.4 is 0 Å². The minimum atomic E-state index is 0.590. The molecular formula is C19H13N5. The van der Waals surface area contributed by atoms with E-state index in [0.29, 0.717) is 5.82 Å². The first-order valence-electron chi connectivity index (χ1n) is 7.51. The Kier molecular flexibility index (Phi) is 3.73. The third-order valence-corrected chi connectivity index (χ3v) is 3.61. The molecule has 0 amide bonds. The van der Waals surface area contributed by atoms with Crippen molar-refractivity contribution in [1.82, 2.24) is 24.9 Å². The maximum absolute atomic E-state index is 4.76. The molecule has 0 saturated carbocycles. The predicted octanol–water partition coefficient (Wildman–Crippen LogP) is 3.66. The van der Waals surface area contributed by atoms with Gasteiger partial charge in [-0.3, -0.25) is 15.0 Å². The molecule has 0 aliphatic heterocycles. The van der Waals surface area contributed by atoms with E-state index < -0.39 is 0 Å². The van der Waals surface area contributed by atoms with Crippen LogP contribution in [0.25, 0.3) is 33.9 Å². The summed E-state index contributed by atoms with van der Waals surface area (Å²) >= 11 is 0. The van der Waals surface area contributed by atoms with Gasteiger partial charge in [-0.05, 0) is 42.0 Å². The van der Waals surface area contributed by atoms with Gasteiger partial charge in [0.05, 0.1) is 5.69 Å². The Morgan fingerprint density at radius 2 is 1.54 bits per heavy atom. The molecule has 5 heteroatoms. The number of hydrogen-bond donors (Lipinski definition) is 0. The van der Waals surface area contributed by atoms with E-state index in [4.69, 9.17) is 4.98 Å². The van der Waals surface area contributed by atoms with Crippen molar-refractivity contribution < 1.29 is 0 Å². The molecule has 5 nitrogen and oxygen atoms in total. The number of hydrogen-bond acceptors (Lipinski definition) is 5. The first-order chi connectivity index (χ1) is 11.9. The molecule has 0 radical (unpaired) electrons. The lowest BCUT2D eigenvalue weighted by Crippen LogP contribution is -1.97. The van der Waals surface area contributed by atoms with E-state index in [-0.39, 0.29) is 0 Å². The summed E-state index contributed by atoms with van der Waals surface area (Å²) in [4.78, 5) is 21.9. The van der Waals surface area contributed by atoms with Crippen molar-refractivity contribution in [3.8, 4) is 33.9 Å². The standard InChI is InChI=1S/C19H13N5/c1-2-9-22-17(5-1)19-23-13-16(14-6-10-20-11-7-14)18(24-19)15-4-3-8-21-12-15/h1-13H. The van der Waals surface area contributed by atoms with Crippen molar-refractivity contribution >= 4 is 0 Å². The van der Waals surface area contributed by atoms with E-state index in [1.54, 1.807) is 31.0 Å². The lowest BCUT2D eigenvalue weighted by Gasteiger charge is -2.10. The van der Waals surface area contributed by atoms with Gasteiger partial charge in [-0.2, -0.15) is 0 Å². The van der Waals surface area contributed by atoms with Gasteiger partial charge in [-0.15, -0.1) is 0 Å². The first kappa shape index (κ1) is 14.1. The highest BCUT2D eigenvalue weighted by Crippen LogP contribution is 2.30. The SMILES string of the molecule is c1ccc(-c2ncc(-c3ccncc3)c(-c3cccnc3)n2)nc1. The summed E-state index contributed by atoms with van der Waals surface area (Å²) < 4.78 is 0. The van der Waals surface area contributed by atoms with Gasteiger partial charge in [0.1, 0.15) is 5.69 Å². The molecule has 4 heterocycles. The van der Waals surface area contributed by atoms with Gasteiger partial charge < -0.3 is 0 Å². The third-order valence-electron chi connectivity index (χ3n) is 3.61. The number of aromatic nitrogens is 5. The Balaban J connectivity index is 1.92. The van der Waals surface area contributed by atoms with Gasteiger partial charge in [0.25, 0.3) is 0 Å². The van der Waals surface area contributed by atoms with E-state index in [9.17, 15) is 0 Å². The molecule has 0 aliphatic carbocycles. The second kappa shape index (κ2) is 6.34. The summed E-state index contributed by atoms with van der Waals surface area (Å²) in [6.45, 7) is 0. The van der Waals surface area contributed by atoms with Gasteiger partial charge in [-0.1, -0.05) is 6.07 Å². The Bertz CT molecular complexity index is 941. The Morgan fingerprint density at radius 3 is 2.29 bits per heavy atom. The monoisotopic (exact) mass is 311 g/mol. The van der Waals surface area contributed by atoms with E-state index in [0.717, 1.165) is 28.1 Å². The van der Waals surface area contributed by atoms with Crippen LogP contribution in [0.2, 0.25) is 0 Å². The van der Waals surface area contributed by atoms with Crippen molar-refractivity contribution in [3.05, 3.63) is 79.6 Å². The molecule has 114 valence electrons. The van der Waals surface area contributed by atoms with E-state index in [2.05, 4.69) is 19.9 Å². The quantitative estimate of drug-likeness (QED) is 0.577. The summed E-state index contributed by atoms with van der Waals surface area (Å²) in [5.41, 5.74) is 4.44. The predicted molar refractivity (Wildman–Crippen MR) is 91.7 cm³/mol. The molecule has 4 aromatic heterocycles. The molecule has 0 fully saturated rings. The molecule has 0 bridgehead atoms. The summed E-state index contributed by atoms with van der Waals surface area (Å²) in [5.74, 6) is 0.590. The largest absolute Gasteiger partial charge is 0.265 e. The van der Waals surface area contributed by atoms with Crippen LogP contribution in [0.4, 0.5) is 0 Å². The fraction of sp³-hybridized carbons (Fsp3) is 0. The van der Waals surface area contributed by atoms with Crippen molar-refractivity contribution in [2.45, 2.75) is 0 Å². The smallest absolute Gasteiger partial charge is 0.178 e. The summed E-state index contributed by atoms with van der Waals surface area (Å²) in [5, 5.41) is 0. The van der Waals surface area contributed by atoms with Crippen LogP contribution in [-0.4, -0.2) is 24.9 Å². The molecule has 0 aliphatic rings. The average Bonchev–Trinajstić information content (AvgIpc) is 2.69. The van der Waals surface area contributed by atoms with Crippen LogP contribution in [0.5, 0.6) is 0 Å². The molecule has 0 N–H and O–H groups in total. The lowest BCUT2D eigenvalue weighted by molar-refractivity contribution is 1.14. The molecule has 4 rings (SSSR count). The molecule has 4 aromatic rings. The molecule has 0 spiro atoms. The van der Waals surface area contributed by atoms with Gasteiger partial charge >= 0.3 is 0 Å². The van der Waals surface area contributed by atoms with E-state index in [1.165, 1.54) is 0 Å². The fourth-order valence-electron chi connectivity index (χ4n) is 2.47. The van der Waals surface area contributed by atoms with Crippen molar-refractivity contribution in [2.24, 2.45) is 0 Å². The topological polar surface area (TPSA) is 64.5 Å². The minimum Gasteiger partial charge on any atom is -0.265 e. The Hall–Kier alpha value is -3.47. The van der Waals surface area contributed by atoms with Crippen LogP contribution in [0, 0.1) is 0 Å². The molecule has 0 atom stereocenters. The summed E-state index contributed by atoms with van der Waals surface area (Å²) in [6, 6.07) is 13.5. The van der Waals surface area contributed by atoms with Gasteiger partial charge in [0.15, 0.2) is 5.82 Å². The Labute approximate surface area is 139 Å². The summed E-state index contributed by atoms with van der Waals surface area (Å²) in [6.07, 6.45) is 10.6. The fourth-order valence-corrected chi connectivity index (χ4v) is 2.47. The zero-order chi connectivity index (χ0) is 16.2. The van der Waals surface area contributed by atoms with Gasteiger partial charge in [0, 0.05) is 48.3 Å². The molecule has 24 heavy (non-hydrogen) atoms. The second-order valence-electron chi connectivity index (χ2n) is 5.15. The Morgan fingerprint density at radius 1 is 0.625 bits per heavy atom. The molecule has 0 aromatic carbocycles. The van der Waals surface area contributed by atoms with Crippen molar-refractivity contribution in [3.63, 3.8) is 0 Å². The highest BCUT2D eigenvalue weighted by atomic mass is 14.9. The zero-order valence-corrected chi connectivity index (χ0v) is 12.7. The zero-order valence-electron chi connectivity index (χ0n) is 12.7. The van der Waals surface area contributed by atoms with E-state index in [1.807, 2.05) is 48.7 Å². The van der Waals surface area contributed by atoms with E-state index >= 15 is 0 Å². The van der Waals surface area contributed by atoms with Crippen LogP contribution in [-0.2, 0) is 0 Å².